The predicted octanol–water partition coefficient (Wildman–Crippen LogP) is 4.74. The first-order valence-electron chi connectivity index (χ1n) is 6.13. The van der Waals surface area contributed by atoms with Gasteiger partial charge in [-0.1, -0.05) is 19.8 Å². The Hall–Kier alpha value is 0.140. The van der Waals surface area contributed by atoms with E-state index in [1.807, 2.05) is 11.3 Å². The summed E-state index contributed by atoms with van der Waals surface area (Å²) in [7, 11) is 2.10. The SMILES string of the molecule is CCC1(C(NC)c2sccc2Br)CCCC1. The second-order valence-electron chi connectivity index (χ2n) is 4.78. The predicted molar refractivity (Wildman–Crippen MR) is 75.0 cm³/mol. The molecule has 0 amide bonds. The van der Waals surface area contributed by atoms with Crippen molar-refractivity contribution in [2.75, 3.05) is 7.05 Å². The van der Waals surface area contributed by atoms with Gasteiger partial charge in [0, 0.05) is 15.4 Å². The molecule has 0 aliphatic heterocycles. The van der Waals surface area contributed by atoms with Gasteiger partial charge < -0.3 is 5.32 Å². The van der Waals surface area contributed by atoms with Crippen molar-refractivity contribution >= 4 is 27.3 Å². The fourth-order valence-corrected chi connectivity index (χ4v) is 5.00. The van der Waals surface area contributed by atoms with Gasteiger partial charge in [-0.2, -0.15) is 0 Å². The minimum Gasteiger partial charge on any atom is -0.312 e. The van der Waals surface area contributed by atoms with Crippen molar-refractivity contribution in [3.8, 4) is 0 Å². The van der Waals surface area contributed by atoms with E-state index in [1.54, 1.807) is 0 Å². The Kier molecular flexibility index (Phi) is 4.09. The lowest BCUT2D eigenvalue weighted by atomic mass is 9.75. The molecule has 1 aromatic rings. The van der Waals surface area contributed by atoms with Crippen molar-refractivity contribution in [1.82, 2.24) is 5.32 Å². The highest BCUT2D eigenvalue weighted by atomic mass is 79.9. The maximum absolute atomic E-state index is 3.68. The van der Waals surface area contributed by atoms with Gasteiger partial charge in [-0.15, -0.1) is 11.3 Å². The standard InChI is InChI=1S/C13H20BrNS/c1-3-13(7-4-5-8-13)12(15-2)11-10(14)6-9-16-11/h6,9,12,15H,3-5,7-8H2,1-2H3. The van der Waals surface area contributed by atoms with Crippen molar-refractivity contribution in [2.24, 2.45) is 5.41 Å². The van der Waals surface area contributed by atoms with E-state index in [1.165, 1.54) is 41.5 Å². The van der Waals surface area contributed by atoms with Gasteiger partial charge >= 0.3 is 0 Å². The Morgan fingerprint density at radius 2 is 2.19 bits per heavy atom. The zero-order valence-corrected chi connectivity index (χ0v) is 12.5. The Balaban J connectivity index is 2.31. The van der Waals surface area contributed by atoms with Crippen LogP contribution < -0.4 is 5.32 Å². The lowest BCUT2D eigenvalue weighted by Gasteiger charge is -2.36. The first kappa shape index (κ1) is 12.6. The summed E-state index contributed by atoms with van der Waals surface area (Å²) < 4.78 is 1.27. The first-order valence-corrected chi connectivity index (χ1v) is 7.81. The highest BCUT2D eigenvalue weighted by Gasteiger charge is 2.40. The minimum atomic E-state index is 0.488. The summed E-state index contributed by atoms with van der Waals surface area (Å²) in [6.45, 7) is 2.34. The highest BCUT2D eigenvalue weighted by molar-refractivity contribution is 9.10. The Labute approximate surface area is 111 Å². The Bertz CT molecular complexity index is 341. The van der Waals surface area contributed by atoms with Gasteiger partial charge in [-0.3, -0.25) is 0 Å². The molecule has 1 N–H and O–H groups in total. The van der Waals surface area contributed by atoms with Crippen LogP contribution in [0.3, 0.4) is 0 Å². The topological polar surface area (TPSA) is 12.0 Å². The van der Waals surface area contributed by atoms with Crippen molar-refractivity contribution in [2.45, 2.75) is 45.1 Å². The summed E-state index contributed by atoms with van der Waals surface area (Å²) in [4.78, 5) is 1.48. The summed E-state index contributed by atoms with van der Waals surface area (Å²) in [6, 6.07) is 2.69. The average Bonchev–Trinajstić information content (AvgIpc) is 2.91. The van der Waals surface area contributed by atoms with Gasteiger partial charge in [0.25, 0.3) is 0 Å². The molecule has 0 radical (unpaired) electrons. The van der Waals surface area contributed by atoms with Crippen molar-refractivity contribution in [3.63, 3.8) is 0 Å². The number of hydrogen-bond donors (Lipinski definition) is 1. The van der Waals surface area contributed by atoms with Crippen molar-refractivity contribution in [3.05, 3.63) is 20.8 Å². The van der Waals surface area contributed by atoms with Crippen molar-refractivity contribution < 1.29 is 0 Å². The molecule has 1 heterocycles. The quantitative estimate of drug-likeness (QED) is 0.847. The summed E-state index contributed by atoms with van der Waals surface area (Å²) in [6.07, 6.45) is 6.82. The van der Waals surface area contributed by atoms with Crippen molar-refractivity contribution in [1.29, 1.82) is 0 Å². The van der Waals surface area contributed by atoms with Crippen LogP contribution in [0.5, 0.6) is 0 Å². The minimum absolute atomic E-state index is 0.488. The fraction of sp³-hybridized carbons (Fsp3) is 0.692. The fourth-order valence-electron chi connectivity index (χ4n) is 3.15. The molecule has 1 fully saturated rings. The lowest BCUT2D eigenvalue weighted by molar-refractivity contribution is 0.197. The van der Waals surface area contributed by atoms with E-state index in [4.69, 9.17) is 0 Å². The molecule has 3 heteroatoms. The number of nitrogens with one attached hydrogen (secondary N) is 1. The van der Waals surface area contributed by atoms with Crippen LogP contribution in [0.1, 0.15) is 49.9 Å². The first-order chi connectivity index (χ1) is 7.73. The third-order valence-corrected chi connectivity index (χ3v) is 6.05. The van der Waals surface area contributed by atoms with Crippen LogP contribution in [-0.2, 0) is 0 Å². The third kappa shape index (κ3) is 2.09. The Morgan fingerprint density at radius 3 is 2.62 bits per heavy atom. The number of rotatable bonds is 4. The monoisotopic (exact) mass is 301 g/mol. The number of halogens is 1. The van der Waals surface area contributed by atoms with E-state index in [2.05, 4.69) is 46.7 Å². The van der Waals surface area contributed by atoms with Crippen LogP contribution in [-0.4, -0.2) is 7.05 Å². The smallest absolute Gasteiger partial charge is 0.0480 e. The van der Waals surface area contributed by atoms with E-state index < -0.39 is 0 Å². The number of thiophene rings is 1. The molecule has 0 aromatic carbocycles. The maximum atomic E-state index is 3.68. The van der Waals surface area contributed by atoms with Gasteiger partial charge in [0.15, 0.2) is 0 Å². The normalized spacial score (nSPS) is 21.2. The molecule has 0 saturated heterocycles. The molecule has 1 aliphatic carbocycles. The molecule has 1 unspecified atom stereocenters. The zero-order chi connectivity index (χ0) is 11.6. The molecule has 90 valence electrons. The second kappa shape index (κ2) is 5.19. The molecule has 0 bridgehead atoms. The molecule has 0 spiro atoms. The van der Waals surface area contributed by atoms with E-state index in [0.717, 1.165) is 0 Å². The van der Waals surface area contributed by atoms with E-state index in [-0.39, 0.29) is 0 Å². The molecule has 2 rings (SSSR count). The van der Waals surface area contributed by atoms with Crippen LogP contribution in [0.25, 0.3) is 0 Å². The molecule has 1 aromatic heterocycles. The Morgan fingerprint density at radius 1 is 1.50 bits per heavy atom. The van der Waals surface area contributed by atoms with E-state index in [0.29, 0.717) is 11.5 Å². The molecule has 1 aliphatic rings. The van der Waals surface area contributed by atoms with Gasteiger partial charge in [-0.25, -0.2) is 0 Å². The van der Waals surface area contributed by atoms with Crippen LogP contribution >= 0.6 is 27.3 Å². The molecule has 1 saturated carbocycles. The molecule has 1 atom stereocenters. The summed E-state index contributed by atoms with van der Waals surface area (Å²) in [5.74, 6) is 0. The lowest BCUT2D eigenvalue weighted by Crippen LogP contribution is -2.33. The summed E-state index contributed by atoms with van der Waals surface area (Å²) in [5, 5.41) is 5.74. The average molecular weight is 302 g/mol. The molecular formula is C13H20BrNS. The van der Waals surface area contributed by atoms with Gasteiger partial charge in [0.2, 0.25) is 0 Å². The van der Waals surface area contributed by atoms with Crippen LogP contribution in [0.2, 0.25) is 0 Å². The highest BCUT2D eigenvalue weighted by Crippen LogP contribution is 2.51. The van der Waals surface area contributed by atoms with Crippen LogP contribution in [0, 0.1) is 5.41 Å². The molecule has 16 heavy (non-hydrogen) atoms. The number of hydrogen-bond acceptors (Lipinski definition) is 2. The van der Waals surface area contributed by atoms with Crippen LogP contribution in [0.4, 0.5) is 0 Å². The summed E-state index contributed by atoms with van der Waals surface area (Å²) in [5.41, 5.74) is 0.488. The maximum Gasteiger partial charge on any atom is 0.0480 e. The largest absolute Gasteiger partial charge is 0.312 e. The van der Waals surface area contributed by atoms with Gasteiger partial charge in [0.05, 0.1) is 0 Å². The zero-order valence-electron chi connectivity index (χ0n) is 10.1. The second-order valence-corrected chi connectivity index (χ2v) is 6.58. The third-order valence-electron chi connectivity index (χ3n) is 4.11. The molecule has 1 nitrogen and oxygen atoms in total. The van der Waals surface area contributed by atoms with Crippen LogP contribution in [0.15, 0.2) is 15.9 Å². The summed E-state index contributed by atoms with van der Waals surface area (Å²) >= 11 is 5.55. The van der Waals surface area contributed by atoms with Gasteiger partial charge in [-0.05, 0) is 59.1 Å². The molecular weight excluding hydrogens is 282 g/mol. The van der Waals surface area contributed by atoms with E-state index in [9.17, 15) is 0 Å². The van der Waals surface area contributed by atoms with Gasteiger partial charge in [0.1, 0.15) is 0 Å². The van der Waals surface area contributed by atoms with E-state index >= 15 is 0 Å².